The van der Waals surface area contributed by atoms with E-state index in [1.165, 1.54) is 28.8 Å². The highest BCUT2D eigenvalue weighted by Crippen LogP contribution is 2.33. The predicted octanol–water partition coefficient (Wildman–Crippen LogP) is 3.93. The normalized spacial score (nSPS) is 16.6. The Morgan fingerprint density at radius 1 is 1.09 bits per heavy atom. The van der Waals surface area contributed by atoms with Crippen molar-refractivity contribution in [3.05, 3.63) is 99.5 Å². The number of amides is 1. The second-order valence-electron chi connectivity index (χ2n) is 14.3. The lowest BCUT2D eigenvalue weighted by atomic mass is 9.89. The lowest BCUT2D eigenvalue weighted by molar-refractivity contribution is -0.132. The van der Waals surface area contributed by atoms with Crippen LogP contribution in [-0.2, 0) is 27.2 Å². The monoisotopic (exact) mass is 726 g/mol. The minimum Gasteiger partial charge on any atom is -0.506 e. The van der Waals surface area contributed by atoms with Gasteiger partial charge in [0.05, 0.1) is 43.5 Å². The van der Waals surface area contributed by atoms with Gasteiger partial charge >= 0.3 is 0 Å². The van der Waals surface area contributed by atoms with Gasteiger partial charge in [0.1, 0.15) is 11.6 Å². The molecule has 2 aliphatic rings. The number of phenols is 1. The van der Waals surface area contributed by atoms with Crippen molar-refractivity contribution in [2.75, 3.05) is 77.1 Å². The number of carbonyl (C=O) groups excluding carboxylic acids is 1. The number of nitrogens with zero attached hydrogens (tertiary/aromatic N) is 4. The zero-order chi connectivity index (χ0) is 37.2. The van der Waals surface area contributed by atoms with Gasteiger partial charge in [0.25, 0.3) is 0 Å². The number of carbonyl (C=O) groups is 1. The van der Waals surface area contributed by atoms with Crippen LogP contribution in [0.5, 0.6) is 5.75 Å². The fourth-order valence-electron chi connectivity index (χ4n) is 7.48. The molecular formula is C41H54N6O6. The number of morpholine rings is 1. The van der Waals surface area contributed by atoms with E-state index in [9.17, 15) is 19.8 Å². The van der Waals surface area contributed by atoms with E-state index in [0.717, 1.165) is 64.4 Å². The quantitative estimate of drug-likeness (QED) is 0.126. The molecule has 1 atom stereocenters. The lowest BCUT2D eigenvalue weighted by Gasteiger charge is -2.47. The largest absolute Gasteiger partial charge is 0.506 e. The van der Waals surface area contributed by atoms with E-state index in [4.69, 9.17) is 9.47 Å². The van der Waals surface area contributed by atoms with Crippen molar-refractivity contribution in [1.29, 1.82) is 0 Å². The number of aromatic hydroxyl groups is 1. The number of likely N-dealkylation sites (tertiary alicyclic amines) is 1. The molecular weight excluding hydrogens is 672 g/mol. The molecule has 284 valence electrons. The van der Waals surface area contributed by atoms with Crippen LogP contribution in [-0.4, -0.2) is 114 Å². The van der Waals surface area contributed by atoms with Crippen LogP contribution in [0.15, 0.2) is 71.7 Å². The number of aliphatic hydroxyl groups excluding tert-OH is 1. The number of rotatable bonds is 16. The number of aromatic nitrogens is 2. The van der Waals surface area contributed by atoms with Gasteiger partial charge in [-0.05, 0) is 79.6 Å². The Labute approximate surface area is 311 Å². The average molecular weight is 727 g/mol. The number of fused-ring (bicyclic) bond motifs is 1. The van der Waals surface area contributed by atoms with Crippen LogP contribution in [0.3, 0.4) is 0 Å². The van der Waals surface area contributed by atoms with Gasteiger partial charge < -0.3 is 39.8 Å². The van der Waals surface area contributed by atoms with Gasteiger partial charge in [0, 0.05) is 76.6 Å². The van der Waals surface area contributed by atoms with Crippen LogP contribution < -0.4 is 15.8 Å². The summed E-state index contributed by atoms with van der Waals surface area (Å²) in [6.07, 6.45) is 4.17. The van der Waals surface area contributed by atoms with Crippen LogP contribution >= 0.6 is 0 Å². The van der Waals surface area contributed by atoms with Crippen molar-refractivity contribution in [2.45, 2.75) is 57.8 Å². The maximum atomic E-state index is 12.9. The first-order valence-corrected chi connectivity index (χ1v) is 18.9. The predicted molar refractivity (Wildman–Crippen MR) is 206 cm³/mol. The second-order valence-corrected chi connectivity index (χ2v) is 14.3. The van der Waals surface area contributed by atoms with Crippen molar-refractivity contribution in [2.24, 2.45) is 0 Å². The van der Waals surface area contributed by atoms with Gasteiger partial charge in [0.15, 0.2) is 0 Å². The Morgan fingerprint density at radius 3 is 2.74 bits per heavy atom. The number of phenolic OH excluding ortho intramolecular Hbond substituents is 1. The van der Waals surface area contributed by atoms with Crippen LogP contribution in [0.1, 0.15) is 54.5 Å². The summed E-state index contributed by atoms with van der Waals surface area (Å²) in [6, 6.07) is 19.0. The van der Waals surface area contributed by atoms with Crippen LogP contribution in [0, 0.1) is 6.92 Å². The first kappa shape index (κ1) is 38.4. The van der Waals surface area contributed by atoms with Gasteiger partial charge in [-0.15, -0.1) is 0 Å². The summed E-state index contributed by atoms with van der Waals surface area (Å²) in [4.78, 5) is 38.5. The standard InChI is InChI=1S/C41H54N6O6/c1-3-46(20-17-42-27-36(49)33-7-9-35(48)40-34(33)8-10-38(50)44-40)39(51)13-23-52-22-12-31-5-4-6-32(26-31)28-45-18-14-41(15-19-45)29-47(21-24-53-41)37-25-30(2)11-16-43-37/h4-11,16,25-26,36,42,48-49H,3,12-15,17-24,27-29H2,1-2H3,(H,44,50). The molecule has 12 nitrogen and oxygen atoms in total. The van der Waals surface area contributed by atoms with E-state index in [1.54, 1.807) is 17.0 Å². The zero-order valence-corrected chi connectivity index (χ0v) is 31.1. The smallest absolute Gasteiger partial charge is 0.248 e. The van der Waals surface area contributed by atoms with E-state index in [1.807, 2.05) is 19.2 Å². The highest BCUT2D eigenvalue weighted by Gasteiger charge is 2.40. The minimum atomic E-state index is -0.854. The molecule has 0 radical (unpaired) electrons. The number of pyridine rings is 2. The molecule has 0 saturated carbocycles. The third-order valence-electron chi connectivity index (χ3n) is 10.5. The summed E-state index contributed by atoms with van der Waals surface area (Å²) in [5, 5.41) is 24.7. The number of hydrogen-bond acceptors (Lipinski definition) is 10. The molecule has 1 spiro atoms. The van der Waals surface area contributed by atoms with E-state index in [-0.39, 0.29) is 29.4 Å². The summed E-state index contributed by atoms with van der Waals surface area (Å²) in [5.41, 5.74) is 4.24. The number of piperidine rings is 1. The molecule has 2 aliphatic heterocycles. The number of ether oxygens (including phenoxy) is 2. The third kappa shape index (κ3) is 10.2. The van der Waals surface area contributed by atoms with E-state index in [0.29, 0.717) is 55.7 Å². The van der Waals surface area contributed by atoms with Crippen LogP contribution in [0.4, 0.5) is 5.82 Å². The molecule has 2 saturated heterocycles. The minimum absolute atomic E-state index is 0.0341. The molecule has 12 heteroatoms. The number of likely N-dealkylation sites (N-methyl/N-ethyl adjacent to an activating group) is 1. The molecule has 4 N–H and O–H groups in total. The number of benzene rings is 2. The Kier molecular flexibility index (Phi) is 13.1. The van der Waals surface area contributed by atoms with Crippen molar-refractivity contribution in [1.82, 2.24) is 25.1 Å². The summed E-state index contributed by atoms with van der Waals surface area (Å²) in [5.74, 6) is 1.04. The summed E-state index contributed by atoms with van der Waals surface area (Å²) >= 11 is 0. The maximum Gasteiger partial charge on any atom is 0.248 e. The Morgan fingerprint density at radius 2 is 1.92 bits per heavy atom. The van der Waals surface area contributed by atoms with Crippen molar-refractivity contribution < 1.29 is 24.5 Å². The molecule has 4 heterocycles. The fourth-order valence-corrected chi connectivity index (χ4v) is 7.48. The van der Waals surface area contributed by atoms with Crippen LogP contribution in [0.25, 0.3) is 10.9 Å². The first-order chi connectivity index (χ1) is 25.7. The summed E-state index contributed by atoms with van der Waals surface area (Å²) < 4.78 is 12.3. The number of aliphatic hydroxyl groups is 1. The van der Waals surface area contributed by atoms with E-state index >= 15 is 0 Å². The zero-order valence-electron chi connectivity index (χ0n) is 31.1. The van der Waals surface area contributed by atoms with Gasteiger partial charge in [-0.25, -0.2) is 4.98 Å². The molecule has 6 rings (SSSR count). The van der Waals surface area contributed by atoms with Gasteiger partial charge in [0.2, 0.25) is 11.5 Å². The summed E-state index contributed by atoms with van der Waals surface area (Å²) in [7, 11) is 0. The second kappa shape index (κ2) is 18.1. The third-order valence-corrected chi connectivity index (χ3v) is 10.5. The molecule has 0 aliphatic carbocycles. The fraction of sp³-hybridized carbons (Fsp3) is 0.488. The number of anilines is 1. The molecule has 4 aromatic rings. The lowest BCUT2D eigenvalue weighted by Crippen LogP contribution is -2.57. The van der Waals surface area contributed by atoms with Gasteiger partial charge in [-0.1, -0.05) is 30.3 Å². The van der Waals surface area contributed by atoms with Crippen molar-refractivity contribution >= 4 is 22.6 Å². The number of nitrogens with one attached hydrogen (secondary N) is 2. The van der Waals surface area contributed by atoms with Crippen molar-refractivity contribution in [3.8, 4) is 5.75 Å². The average Bonchev–Trinajstić information content (AvgIpc) is 3.16. The van der Waals surface area contributed by atoms with Crippen LogP contribution in [0.2, 0.25) is 0 Å². The molecule has 0 bridgehead atoms. The first-order valence-electron chi connectivity index (χ1n) is 18.9. The molecule has 2 fully saturated rings. The number of aromatic amines is 1. The topological polar surface area (TPSA) is 143 Å². The maximum absolute atomic E-state index is 12.9. The summed E-state index contributed by atoms with van der Waals surface area (Å²) in [6.45, 7) is 12.3. The van der Waals surface area contributed by atoms with Gasteiger partial charge in [-0.2, -0.15) is 0 Å². The highest BCUT2D eigenvalue weighted by molar-refractivity contribution is 5.87. The number of hydrogen-bond donors (Lipinski definition) is 4. The SMILES string of the molecule is CCN(CCNCC(O)c1ccc(O)c2[nH]c(=O)ccc12)C(=O)CCOCCc1cccc(CN2CCC3(CC2)CN(c2cc(C)ccn2)CCO3)c1. The van der Waals surface area contributed by atoms with Gasteiger partial charge in [-0.3, -0.25) is 14.5 Å². The number of H-pyrrole nitrogens is 1. The number of aryl methyl sites for hydroxylation is 1. The Bertz CT molecular complexity index is 1880. The molecule has 53 heavy (non-hydrogen) atoms. The molecule has 1 unspecified atom stereocenters. The van der Waals surface area contributed by atoms with E-state index < -0.39 is 6.10 Å². The van der Waals surface area contributed by atoms with Crippen molar-refractivity contribution in [3.63, 3.8) is 0 Å². The van der Waals surface area contributed by atoms with E-state index in [2.05, 4.69) is 62.3 Å². The molecule has 1 amide bonds. The Hall–Kier alpha value is -4.33. The molecule has 2 aromatic carbocycles. The highest BCUT2D eigenvalue weighted by atomic mass is 16.5. The molecule has 2 aromatic heterocycles. The Balaban J connectivity index is 0.867.